The molecule has 0 aliphatic carbocycles. The molecule has 1 aliphatic rings. The van der Waals surface area contributed by atoms with E-state index in [1.165, 1.54) is 23.0 Å². The second-order valence-electron chi connectivity index (χ2n) is 3.98. The molecule has 1 saturated heterocycles. The minimum absolute atomic E-state index is 0.716. The van der Waals surface area contributed by atoms with Crippen molar-refractivity contribution in [2.45, 2.75) is 19.3 Å². The summed E-state index contributed by atoms with van der Waals surface area (Å²) in [5.41, 5.74) is 1.48. The molecule has 0 amide bonds. The van der Waals surface area contributed by atoms with Crippen LogP contribution in [0.1, 0.15) is 24.8 Å². The van der Waals surface area contributed by atoms with Gasteiger partial charge in [0.05, 0.1) is 0 Å². The third-order valence-corrected chi connectivity index (χ3v) is 3.69. The van der Waals surface area contributed by atoms with Gasteiger partial charge < -0.3 is 5.32 Å². The maximum Gasteiger partial charge on any atom is 0.0175 e. The van der Waals surface area contributed by atoms with Gasteiger partial charge >= 0.3 is 0 Å². The first-order chi connectivity index (χ1) is 6.81. The lowest BCUT2D eigenvalue weighted by Crippen LogP contribution is -2.09. The van der Waals surface area contributed by atoms with E-state index in [-0.39, 0.29) is 0 Å². The first kappa shape index (κ1) is 10.2. The summed E-state index contributed by atoms with van der Waals surface area (Å²) in [5.74, 6) is 1.53. The molecule has 0 unspecified atom stereocenters. The predicted molar refractivity (Wildman–Crippen MR) is 63.5 cm³/mol. The van der Waals surface area contributed by atoms with Gasteiger partial charge in [0.1, 0.15) is 0 Å². The van der Waals surface area contributed by atoms with Crippen LogP contribution >= 0.6 is 15.9 Å². The molecule has 1 aliphatic heterocycles. The lowest BCUT2D eigenvalue weighted by molar-refractivity contribution is 0.503. The van der Waals surface area contributed by atoms with E-state index in [4.69, 9.17) is 0 Å². The third kappa shape index (κ3) is 2.01. The summed E-state index contributed by atoms with van der Waals surface area (Å²) in [6, 6.07) is 8.76. The van der Waals surface area contributed by atoms with Gasteiger partial charge in [-0.2, -0.15) is 0 Å². The Bertz CT molecular complexity index is 294. The average molecular weight is 254 g/mol. The van der Waals surface area contributed by atoms with Crippen LogP contribution in [0.4, 0.5) is 0 Å². The molecule has 76 valence electrons. The van der Waals surface area contributed by atoms with Gasteiger partial charge in [-0.15, -0.1) is 0 Å². The molecule has 1 aromatic rings. The SMILES string of the molecule is CC[C@H]1CNC[C@H]1c1ccc(Br)cc1. The molecular formula is C12H16BrN. The molecule has 1 fully saturated rings. The fraction of sp³-hybridized carbons (Fsp3) is 0.500. The zero-order chi connectivity index (χ0) is 9.97. The molecule has 2 atom stereocenters. The summed E-state index contributed by atoms with van der Waals surface area (Å²) >= 11 is 3.47. The number of benzene rings is 1. The zero-order valence-corrected chi connectivity index (χ0v) is 10.0. The van der Waals surface area contributed by atoms with E-state index in [0.29, 0.717) is 5.92 Å². The molecule has 2 heteroatoms. The Morgan fingerprint density at radius 1 is 1.29 bits per heavy atom. The summed E-state index contributed by atoms with van der Waals surface area (Å²) in [6.45, 7) is 4.60. The van der Waals surface area contributed by atoms with Crippen LogP contribution in [0.3, 0.4) is 0 Å². The normalized spacial score (nSPS) is 26.7. The topological polar surface area (TPSA) is 12.0 Å². The van der Waals surface area contributed by atoms with Gasteiger partial charge in [0, 0.05) is 16.9 Å². The Balaban J connectivity index is 2.17. The van der Waals surface area contributed by atoms with Crippen molar-refractivity contribution in [2.24, 2.45) is 5.92 Å². The summed E-state index contributed by atoms with van der Waals surface area (Å²) in [5, 5.41) is 3.47. The van der Waals surface area contributed by atoms with Crippen LogP contribution in [-0.4, -0.2) is 13.1 Å². The van der Waals surface area contributed by atoms with Gasteiger partial charge in [0.2, 0.25) is 0 Å². The van der Waals surface area contributed by atoms with Gasteiger partial charge in [-0.3, -0.25) is 0 Å². The minimum atomic E-state index is 0.716. The van der Waals surface area contributed by atoms with Crippen molar-refractivity contribution < 1.29 is 0 Å². The molecule has 0 saturated carbocycles. The number of nitrogens with one attached hydrogen (secondary N) is 1. The highest BCUT2D eigenvalue weighted by molar-refractivity contribution is 9.10. The summed E-state index contributed by atoms with van der Waals surface area (Å²) < 4.78 is 1.17. The van der Waals surface area contributed by atoms with E-state index in [0.717, 1.165) is 12.5 Å². The molecule has 0 spiro atoms. The van der Waals surface area contributed by atoms with E-state index in [1.54, 1.807) is 0 Å². The van der Waals surface area contributed by atoms with Crippen molar-refractivity contribution in [3.63, 3.8) is 0 Å². The Labute approximate surface area is 94.0 Å². The molecule has 0 aromatic heterocycles. The Morgan fingerprint density at radius 2 is 2.00 bits per heavy atom. The molecule has 1 heterocycles. The fourth-order valence-electron chi connectivity index (χ4n) is 2.26. The van der Waals surface area contributed by atoms with Crippen molar-refractivity contribution in [2.75, 3.05) is 13.1 Å². The zero-order valence-electron chi connectivity index (χ0n) is 8.46. The van der Waals surface area contributed by atoms with Crippen molar-refractivity contribution in [1.29, 1.82) is 0 Å². The van der Waals surface area contributed by atoms with Crippen LogP contribution in [0, 0.1) is 5.92 Å². The molecule has 2 rings (SSSR count). The van der Waals surface area contributed by atoms with Crippen molar-refractivity contribution in [1.82, 2.24) is 5.32 Å². The Morgan fingerprint density at radius 3 is 2.64 bits per heavy atom. The first-order valence-electron chi connectivity index (χ1n) is 5.27. The molecule has 14 heavy (non-hydrogen) atoms. The summed E-state index contributed by atoms with van der Waals surface area (Å²) in [7, 11) is 0. The minimum Gasteiger partial charge on any atom is -0.316 e. The second-order valence-corrected chi connectivity index (χ2v) is 4.90. The van der Waals surface area contributed by atoms with E-state index in [9.17, 15) is 0 Å². The van der Waals surface area contributed by atoms with Crippen LogP contribution in [0.25, 0.3) is 0 Å². The number of hydrogen-bond acceptors (Lipinski definition) is 1. The standard InChI is InChI=1S/C12H16BrN/c1-2-9-7-14-8-12(9)10-3-5-11(13)6-4-10/h3-6,9,12,14H,2,7-8H2,1H3/t9-,12+/m0/s1. The lowest BCUT2D eigenvalue weighted by Gasteiger charge is -2.16. The maximum absolute atomic E-state index is 3.47. The van der Waals surface area contributed by atoms with Crippen molar-refractivity contribution in [3.05, 3.63) is 34.3 Å². The monoisotopic (exact) mass is 253 g/mol. The van der Waals surface area contributed by atoms with Gasteiger partial charge in [0.15, 0.2) is 0 Å². The van der Waals surface area contributed by atoms with Crippen molar-refractivity contribution >= 4 is 15.9 Å². The number of rotatable bonds is 2. The van der Waals surface area contributed by atoms with E-state index >= 15 is 0 Å². The summed E-state index contributed by atoms with van der Waals surface area (Å²) in [4.78, 5) is 0. The quantitative estimate of drug-likeness (QED) is 0.854. The van der Waals surface area contributed by atoms with Crippen LogP contribution in [0.15, 0.2) is 28.7 Å². The van der Waals surface area contributed by atoms with Gasteiger partial charge in [-0.05, 0) is 30.2 Å². The molecule has 0 bridgehead atoms. The molecular weight excluding hydrogens is 238 g/mol. The van der Waals surface area contributed by atoms with Crippen LogP contribution in [0.2, 0.25) is 0 Å². The van der Waals surface area contributed by atoms with Crippen LogP contribution in [0.5, 0.6) is 0 Å². The Hall–Kier alpha value is -0.340. The first-order valence-corrected chi connectivity index (χ1v) is 6.06. The fourth-order valence-corrected chi connectivity index (χ4v) is 2.53. The van der Waals surface area contributed by atoms with Crippen LogP contribution < -0.4 is 5.32 Å². The van der Waals surface area contributed by atoms with Gasteiger partial charge in [0.25, 0.3) is 0 Å². The van der Waals surface area contributed by atoms with E-state index < -0.39 is 0 Å². The van der Waals surface area contributed by atoms with E-state index in [2.05, 4.69) is 52.4 Å². The molecule has 1 N–H and O–H groups in total. The highest BCUT2D eigenvalue weighted by Crippen LogP contribution is 2.30. The molecule has 1 nitrogen and oxygen atoms in total. The summed E-state index contributed by atoms with van der Waals surface area (Å²) in [6.07, 6.45) is 1.27. The van der Waals surface area contributed by atoms with Gasteiger partial charge in [-0.25, -0.2) is 0 Å². The molecule has 0 radical (unpaired) electrons. The number of hydrogen-bond donors (Lipinski definition) is 1. The Kier molecular flexibility index (Phi) is 3.24. The largest absolute Gasteiger partial charge is 0.316 e. The van der Waals surface area contributed by atoms with E-state index in [1.807, 2.05) is 0 Å². The highest BCUT2D eigenvalue weighted by atomic mass is 79.9. The maximum atomic E-state index is 3.47. The third-order valence-electron chi connectivity index (χ3n) is 3.16. The van der Waals surface area contributed by atoms with Crippen LogP contribution in [-0.2, 0) is 0 Å². The number of halogens is 1. The highest BCUT2D eigenvalue weighted by Gasteiger charge is 2.26. The smallest absolute Gasteiger partial charge is 0.0175 e. The van der Waals surface area contributed by atoms with Gasteiger partial charge in [-0.1, -0.05) is 41.4 Å². The predicted octanol–water partition coefficient (Wildman–Crippen LogP) is 3.16. The molecule has 1 aromatic carbocycles. The second kappa shape index (κ2) is 4.45. The lowest BCUT2D eigenvalue weighted by atomic mass is 9.87. The average Bonchev–Trinajstić information content (AvgIpc) is 2.67. The van der Waals surface area contributed by atoms with Crippen molar-refractivity contribution in [3.8, 4) is 0 Å².